The first kappa shape index (κ1) is 21.5. The number of anilines is 1. The summed E-state index contributed by atoms with van der Waals surface area (Å²) in [5.74, 6) is -0.608. The molecule has 1 aromatic heterocycles. The van der Waals surface area contributed by atoms with Crippen LogP contribution in [0.3, 0.4) is 0 Å². The SMILES string of the molecule is CCN(CC)S(=O)(=O)c1cc(NC(=O)c2cc([N+](=O)[O-])cnc2C)ccc1C. The maximum atomic E-state index is 12.8. The first-order chi connectivity index (χ1) is 13.1. The van der Waals surface area contributed by atoms with E-state index >= 15 is 0 Å². The summed E-state index contributed by atoms with van der Waals surface area (Å²) < 4.78 is 27.0. The average Bonchev–Trinajstić information content (AvgIpc) is 2.64. The van der Waals surface area contributed by atoms with Crippen LogP contribution in [0.25, 0.3) is 0 Å². The summed E-state index contributed by atoms with van der Waals surface area (Å²) in [7, 11) is -3.70. The molecule has 1 heterocycles. The van der Waals surface area contributed by atoms with Gasteiger partial charge in [-0.2, -0.15) is 4.31 Å². The minimum atomic E-state index is -3.70. The molecule has 0 aliphatic carbocycles. The Balaban J connectivity index is 2.40. The summed E-state index contributed by atoms with van der Waals surface area (Å²) in [5, 5.41) is 13.5. The highest BCUT2D eigenvalue weighted by molar-refractivity contribution is 7.89. The molecule has 1 N–H and O–H groups in total. The van der Waals surface area contributed by atoms with Crippen LogP contribution >= 0.6 is 0 Å². The smallest absolute Gasteiger partial charge is 0.288 e. The number of rotatable bonds is 7. The molecule has 9 nitrogen and oxygen atoms in total. The summed E-state index contributed by atoms with van der Waals surface area (Å²) in [6, 6.07) is 5.71. The first-order valence-electron chi connectivity index (χ1n) is 8.65. The van der Waals surface area contributed by atoms with Crippen molar-refractivity contribution in [3.05, 3.63) is 57.4 Å². The van der Waals surface area contributed by atoms with E-state index in [-0.39, 0.29) is 21.8 Å². The molecule has 1 amide bonds. The number of nitrogens with zero attached hydrogens (tertiary/aromatic N) is 3. The molecule has 0 aliphatic heterocycles. The quantitative estimate of drug-likeness (QED) is 0.557. The van der Waals surface area contributed by atoms with Crippen LogP contribution in [0.1, 0.15) is 35.5 Å². The van der Waals surface area contributed by atoms with Crippen LogP contribution in [0, 0.1) is 24.0 Å². The molecule has 150 valence electrons. The Morgan fingerprint density at radius 3 is 2.43 bits per heavy atom. The van der Waals surface area contributed by atoms with Gasteiger partial charge in [-0.15, -0.1) is 0 Å². The normalized spacial score (nSPS) is 11.5. The average molecular weight is 406 g/mol. The van der Waals surface area contributed by atoms with Crippen LogP contribution in [0.15, 0.2) is 35.4 Å². The van der Waals surface area contributed by atoms with Gasteiger partial charge in [0.25, 0.3) is 11.6 Å². The predicted molar refractivity (Wildman–Crippen MR) is 105 cm³/mol. The van der Waals surface area contributed by atoms with Crippen LogP contribution in [-0.2, 0) is 10.0 Å². The van der Waals surface area contributed by atoms with Crippen molar-refractivity contribution in [3.8, 4) is 0 Å². The number of nitro groups is 1. The maximum Gasteiger partial charge on any atom is 0.288 e. The third-order valence-electron chi connectivity index (χ3n) is 4.30. The zero-order chi connectivity index (χ0) is 21.1. The fourth-order valence-corrected chi connectivity index (χ4v) is 4.42. The molecule has 28 heavy (non-hydrogen) atoms. The topological polar surface area (TPSA) is 123 Å². The van der Waals surface area contributed by atoms with Gasteiger partial charge in [-0.05, 0) is 31.5 Å². The van der Waals surface area contributed by atoms with Gasteiger partial charge in [0, 0.05) is 24.8 Å². The van der Waals surface area contributed by atoms with E-state index in [2.05, 4.69) is 10.3 Å². The number of hydrogen-bond donors (Lipinski definition) is 1. The highest BCUT2D eigenvalue weighted by atomic mass is 32.2. The lowest BCUT2D eigenvalue weighted by molar-refractivity contribution is -0.385. The van der Waals surface area contributed by atoms with E-state index in [9.17, 15) is 23.3 Å². The lowest BCUT2D eigenvalue weighted by atomic mass is 10.1. The van der Waals surface area contributed by atoms with Gasteiger partial charge in [0.2, 0.25) is 10.0 Å². The molecular formula is C18H22N4O5S. The lowest BCUT2D eigenvalue weighted by Gasteiger charge is -2.20. The number of nitrogens with one attached hydrogen (secondary N) is 1. The van der Waals surface area contributed by atoms with Gasteiger partial charge >= 0.3 is 0 Å². The van der Waals surface area contributed by atoms with Gasteiger partial charge in [0.1, 0.15) is 6.20 Å². The Labute approximate surface area is 163 Å². The summed E-state index contributed by atoms with van der Waals surface area (Å²) in [6.07, 6.45) is 1.08. The molecule has 0 saturated carbocycles. The van der Waals surface area contributed by atoms with Crippen molar-refractivity contribution in [3.63, 3.8) is 0 Å². The number of sulfonamides is 1. The monoisotopic (exact) mass is 406 g/mol. The van der Waals surface area contributed by atoms with Crippen molar-refractivity contribution >= 4 is 27.3 Å². The number of carbonyl (C=O) groups is 1. The highest BCUT2D eigenvalue weighted by Crippen LogP contribution is 2.24. The highest BCUT2D eigenvalue weighted by Gasteiger charge is 2.24. The number of benzene rings is 1. The maximum absolute atomic E-state index is 12.8. The molecule has 0 radical (unpaired) electrons. The standard InChI is InChI=1S/C18H22N4O5S/c1-5-21(6-2)28(26,27)17-9-14(8-7-12(17)3)20-18(23)16-10-15(22(24)25)11-19-13(16)4/h7-11H,5-6H2,1-4H3,(H,20,23). The number of aryl methyl sites for hydroxylation is 2. The molecule has 10 heteroatoms. The van der Waals surface area contributed by atoms with E-state index in [1.54, 1.807) is 39.8 Å². The Morgan fingerprint density at radius 1 is 1.21 bits per heavy atom. The minimum Gasteiger partial charge on any atom is -0.322 e. The van der Waals surface area contributed by atoms with E-state index in [0.717, 1.165) is 12.3 Å². The molecule has 2 aromatic rings. The van der Waals surface area contributed by atoms with Crippen LogP contribution < -0.4 is 5.32 Å². The second-order valence-corrected chi connectivity index (χ2v) is 8.01. The first-order valence-corrected chi connectivity index (χ1v) is 10.1. The summed E-state index contributed by atoms with van der Waals surface area (Å²) in [4.78, 5) is 26.8. The molecular weight excluding hydrogens is 384 g/mol. The number of hydrogen-bond acceptors (Lipinski definition) is 6. The van der Waals surface area contributed by atoms with Crippen LogP contribution in [0.4, 0.5) is 11.4 Å². The Morgan fingerprint density at radius 2 is 1.86 bits per heavy atom. The van der Waals surface area contributed by atoms with Gasteiger partial charge in [-0.25, -0.2) is 8.42 Å². The third-order valence-corrected chi connectivity index (χ3v) is 6.49. The third kappa shape index (κ3) is 4.34. The van der Waals surface area contributed by atoms with Crippen LogP contribution in [0.2, 0.25) is 0 Å². The fraction of sp³-hybridized carbons (Fsp3) is 0.333. The number of carbonyl (C=O) groups excluding carboxylic acids is 1. The van der Waals surface area contributed by atoms with Crippen LogP contribution in [-0.4, -0.2) is 41.6 Å². The summed E-state index contributed by atoms with van der Waals surface area (Å²) >= 11 is 0. The summed E-state index contributed by atoms with van der Waals surface area (Å²) in [6.45, 7) is 7.39. The summed E-state index contributed by atoms with van der Waals surface area (Å²) in [5.41, 5.74) is 0.893. The molecule has 0 aliphatic rings. The van der Waals surface area contributed by atoms with Gasteiger partial charge in [-0.3, -0.25) is 19.9 Å². The van der Waals surface area contributed by atoms with Crippen molar-refractivity contribution in [2.45, 2.75) is 32.6 Å². The molecule has 2 rings (SSSR count). The lowest BCUT2D eigenvalue weighted by Crippen LogP contribution is -2.31. The van der Waals surface area contributed by atoms with E-state index < -0.39 is 20.9 Å². The second-order valence-electron chi connectivity index (χ2n) is 6.11. The van der Waals surface area contributed by atoms with Gasteiger partial charge in [0.05, 0.1) is 21.1 Å². The predicted octanol–water partition coefficient (Wildman–Crippen LogP) is 2.89. The Bertz CT molecular complexity index is 1020. The van der Waals surface area contributed by atoms with Gasteiger partial charge in [-0.1, -0.05) is 19.9 Å². The van der Waals surface area contributed by atoms with E-state index in [1.807, 2.05) is 0 Å². The zero-order valence-corrected chi connectivity index (χ0v) is 16.9. The molecule has 0 bridgehead atoms. The van der Waals surface area contributed by atoms with E-state index in [4.69, 9.17) is 0 Å². The van der Waals surface area contributed by atoms with Gasteiger partial charge in [0.15, 0.2) is 0 Å². The zero-order valence-electron chi connectivity index (χ0n) is 16.1. The van der Waals surface area contributed by atoms with Crippen molar-refractivity contribution in [2.75, 3.05) is 18.4 Å². The molecule has 0 atom stereocenters. The minimum absolute atomic E-state index is 0.0444. The van der Waals surface area contributed by atoms with Gasteiger partial charge < -0.3 is 5.32 Å². The molecule has 0 fully saturated rings. The Hall–Kier alpha value is -2.85. The molecule has 0 unspecified atom stereocenters. The van der Waals surface area contributed by atoms with Crippen molar-refractivity contribution in [2.24, 2.45) is 0 Å². The van der Waals surface area contributed by atoms with E-state index in [1.165, 1.54) is 10.4 Å². The second kappa shape index (κ2) is 8.44. The number of aromatic nitrogens is 1. The Kier molecular flexibility index (Phi) is 6.47. The molecule has 0 saturated heterocycles. The van der Waals surface area contributed by atoms with Crippen molar-refractivity contribution in [1.29, 1.82) is 0 Å². The van der Waals surface area contributed by atoms with Crippen molar-refractivity contribution in [1.82, 2.24) is 9.29 Å². The van der Waals surface area contributed by atoms with E-state index in [0.29, 0.717) is 24.3 Å². The van der Waals surface area contributed by atoms with Crippen LogP contribution in [0.5, 0.6) is 0 Å². The molecule has 1 aromatic carbocycles. The molecule has 0 spiro atoms. The fourth-order valence-electron chi connectivity index (χ4n) is 2.71. The largest absolute Gasteiger partial charge is 0.322 e. The van der Waals surface area contributed by atoms with Crippen molar-refractivity contribution < 1.29 is 18.1 Å². The number of pyridine rings is 1. The number of amides is 1.